The molecule has 7 heteroatoms. The molecular formula is C11H8BrClN2O2S. The van der Waals surface area contributed by atoms with Crippen molar-refractivity contribution in [2.45, 2.75) is 5.16 Å². The molecule has 0 spiro atoms. The Morgan fingerprint density at radius 3 is 3.00 bits per heavy atom. The minimum absolute atomic E-state index is 0.0256. The fourth-order valence-corrected chi connectivity index (χ4v) is 2.94. The number of halogens is 2. The lowest BCUT2D eigenvalue weighted by atomic mass is 10.3. The fourth-order valence-electron chi connectivity index (χ4n) is 1.38. The second-order valence-corrected chi connectivity index (χ2v) is 5.59. The maximum absolute atomic E-state index is 10.6. The Hall–Kier alpha value is -0.980. The first-order chi connectivity index (χ1) is 8.58. The maximum atomic E-state index is 10.6. The van der Waals surface area contributed by atoms with Crippen molar-refractivity contribution in [2.75, 3.05) is 5.75 Å². The highest BCUT2D eigenvalue weighted by atomic mass is 79.9. The molecule has 0 bridgehead atoms. The van der Waals surface area contributed by atoms with Gasteiger partial charge in [-0.1, -0.05) is 23.4 Å². The lowest BCUT2D eigenvalue weighted by Gasteiger charge is -2.09. The van der Waals surface area contributed by atoms with E-state index in [1.54, 1.807) is 24.5 Å². The first kappa shape index (κ1) is 13.5. The van der Waals surface area contributed by atoms with Crippen LogP contribution < -0.4 is 0 Å². The first-order valence-electron chi connectivity index (χ1n) is 4.91. The summed E-state index contributed by atoms with van der Waals surface area (Å²) in [5.74, 6) is -0.896. The van der Waals surface area contributed by atoms with Gasteiger partial charge in [0.1, 0.15) is 0 Å². The molecule has 1 aromatic heterocycles. The zero-order valence-corrected chi connectivity index (χ0v) is 12.2. The van der Waals surface area contributed by atoms with E-state index in [-0.39, 0.29) is 5.75 Å². The van der Waals surface area contributed by atoms with Gasteiger partial charge in [-0.2, -0.15) is 0 Å². The summed E-state index contributed by atoms with van der Waals surface area (Å²) in [7, 11) is 0. The third kappa shape index (κ3) is 3.07. The molecule has 2 aromatic rings. The molecule has 18 heavy (non-hydrogen) atoms. The molecule has 0 atom stereocenters. The standard InChI is InChI=1S/C11H8BrClN2O2S/c12-8-5-7(13)1-2-9(8)15-4-3-14-11(15)18-6-10(16)17/h1-5H,6H2,(H,16,17). The van der Waals surface area contributed by atoms with E-state index in [0.29, 0.717) is 10.2 Å². The molecule has 94 valence electrons. The minimum atomic E-state index is -0.871. The zero-order valence-electron chi connectivity index (χ0n) is 9.01. The SMILES string of the molecule is O=C(O)CSc1nccn1-c1ccc(Cl)cc1Br. The Morgan fingerprint density at radius 1 is 1.56 bits per heavy atom. The molecule has 0 aliphatic rings. The molecule has 4 nitrogen and oxygen atoms in total. The largest absolute Gasteiger partial charge is 0.481 e. The molecule has 0 fully saturated rings. The number of carboxylic acid groups (broad SMARTS) is 1. The number of thioether (sulfide) groups is 1. The van der Waals surface area contributed by atoms with Gasteiger partial charge in [-0.15, -0.1) is 0 Å². The predicted molar refractivity (Wildman–Crippen MR) is 74.6 cm³/mol. The zero-order chi connectivity index (χ0) is 13.1. The highest BCUT2D eigenvalue weighted by molar-refractivity contribution is 9.10. The normalized spacial score (nSPS) is 10.6. The van der Waals surface area contributed by atoms with Crippen molar-refractivity contribution in [3.8, 4) is 5.69 Å². The number of hydrogen-bond donors (Lipinski definition) is 1. The van der Waals surface area contributed by atoms with Gasteiger partial charge in [-0.25, -0.2) is 4.98 Å². The molecule has 0 unspecified atom stereocenters. The van der Waals surface area contributed by atoms with Crippen molar-refractivity contribution in [1.82, 2.24) is 9.55 Å². The average molecular weight is 348 g/mol. The summed E-state index contributed by atoms with van der Waals surface area (Å²) in [5, 5.41) is 9.94. The second kappa shape index (κ2) is 5.77. The van der Waals surface area contributed by atoms with Gasteiger partial charge in [0.15, 0.2) is 5.16 Å². The van der Waals surface area contributed by atoms with Crippen LogP contribution in [0.1, 0.15) is 0 Å². The number of rotatable bonds is 4. The van der Waals surface area contributed by atoms with Crippen LogP contribution in [0.2, 0.25) is 5.02 Å². The van der Waals surface area contributed by atoms with Crippen LogP contribution in [0.5, 0.6) is 0 Å². The molecule has 0 aliphatic carbocycles. The molecule has 0 saturated carbocycles. The second-order valence-electron chi connectivity index (χ2n) is 3.36. The average Bonchev–Trinajstić information content (AvgIpc) is 2.74. The lowest BCUT2D eigenvalue weighted by molar-refractivity contribution is -0.133. The van der Waals surface area contributed by atoms with E-state index in [4.69, 9.17) is 16.7 Å². The van der Waals surface area contributed by atoms with E-state index in [2.05, 4.69) is 20.9 Å². The summed E-state index contributed by atoms with van der Waals surface area (Å²) in [6.45, 7) is 0. The molecule has 1 N–H and O–H groups in total. The van der Waals surface area contributed by atoms with Crippen molar-refractivity contribution < 1.29 is 9.90 Å². The Morgan fingerprint density at radius 2 is 2.33 bits per heavy atom. The van der Waals surface area contributed by atoms with Gasteiger partial charge in [0.2, 0.25) is 0 Å². The van der Waals surface area contributed by atoms with Crippen molar-refractivity contribution in [3.63, 3.8) is 0 Å². The molecule has 0 aliphatic heterocycles. The van der Waals surface area contributed by atoms with E-state index in [1.165, 1.54) is 11.8 Å². The number of aliphatic carboxylic acids is 1. The Bertz CT molecular complexity index is 588. The maximum Gasteiger partial charge on any atom is 0.313 e. The molecular weight excluding hydrogens is 340 g/mol. The van der Waals surface area contributed by atoms with Gasteiger partial charge in [0.05, 0.1) is 11.4 Å². The minimum Gasteiger partial charge on any atom is -0.481 e. The molecule has 1 aromatic carbocycles. The van der Waals surface area contributed by atoms with E-state index >= 15 is 0 Å². The number of carboxylic acids is 1. The first-order valence-corrected chi connectivity index (χ1v) is 7.07. The van der Waals surface area contributed by atoms with Crippen LogP contribution in [-0.2, 0) is 4.79 Å². The number of benzene rings is 1. The van der Waals surface area contributed by atoms with Crippen LogP contribution in [0.15, 0.2) is 40.2 Å². The van der Waals surface area contributed by atoms with Crippen LogP contribution in [0, 0.1) is 0 Å². The molecule has 0 saturated heterocycles. The van der Waals surface area contributed by atoms with Gasteiger partial charge in [0.25, 0.3) is 0 Å². The Labute approximate surface area is 121 Å². The van der Waals surface area contributed by atoms with Crippen molar-refractivity contribution >= 4 is 45.3 Å². The number of hydrogen-bond acceptors (Lipinski definition) is 3. The summed E-state index contributed by atoms with van der Waals surface area (Å²) >= 11 is 10.5. The van der Waals surface area contributed by atoms with E-state index < -0.39 is 5.97 Å². The third-order valence-corrected chi connectivity index (χ3v) is 3.92. The third-order valence-electron chi connectivity index (χ3n) is 2.10. The molecule has 0 radical (unpaired) electrons. The predicted octanol–water partition coefficient (Wildman–Crippen LogP) is 3.46. The number of imidazole rings is 1. The monoisotopic (exact) mass is 346 g/mol. The molecule has 1 heterocycles. The fraction of sp³-hybridized carbons (Fsp3) is 0.0909. The van der Waals surface area contributed by atoms with E-state index in [9.17, 15) is 4.79 Å². The molecule has 0 amide bonds. The van der Waals surface area contributed by atoms with Crippen LogP contribution in [0.3, 0.4) is 0 Å². The summed E-state index contributed by atoms with van der Waals surface area (Å²) < 4.78 is 2.64. The number of nitrogens with zero attached hydrogens (tertiary/aromatic N) is 2. The lowest BCUT2D eigenvalue weighted by Crippen LogP contribution is -2.01. The van der Waals surface area contributed by atoms with Crippen molar-refractivity contribution in [2.24, 2.45) is 0 Å². The number of aromatic nitrogens is 2. The van der Waals surface area contributed by atoms with E-state index in [1.807, 2.05) is 10.6 Å². The highest BCUT2D eigenvalue weighted by Crippen LogP contribution is 2.28. The summed E-state index contributed by atoms with van der Waals surface area (Å²) in [5.41, 5.74) is 0.866. The summed E-state index contributed by atoms with van der Waals surface area (Å²) in [6.07, 6.45) is 3.41. The van der Waals surface area contributed by atoms with Crippen LogP contribution in [0.25, 0.3) is 5.69 Å². The van der Waals surface area contributed by atoms with Gasteiger partial charge < -0.3 is 5.11 Å². The quantitative estimate of drug-likeness (QED) is 0.861. The van der Waals surface area contributed by atoms with Crippen molar-refractivity contribution in [3.05, 3.63) is 40.1 Å². The van der Waals surface area contributed by atoms with E-state index in [0.717, 1.165) is 10.2 Å². The molecule has 2 rings (SSSR count). The van der Waals surface area contributed by atoms with Crippen LogP contribution in [0.4, 0.5) is 0 Å². The van der Waals surface area contributed by atoms with Crippen molar-refractivity contribution in [1.29, 1.82) is 0 Å². The summed E-state index contributed by atoms with van der Waals surface area (Å²) in [4.78, 5) is 14.7. The van der Waals surface area contributed by atoms with Gasteiger partial charge >= 0.3 is 5.97 Å². The van der Waals surface area contributed by atoms with Crippen LogP contribution >= 0.6 is 39.3 Å². The van der Waals surface area contributed by atoms with Crippen LogP contribution in [-0.4, -0.2) is 26.4 Å². The van der Waals surface area contributed by atoms with Gasteiger partial charge in [-0.3, -0.25) is 9.36 Å². The summed E-state index contributed by atoms with van der Waals surface area (Å²) in [6, 6.07) is 5.40. The topological polar surface area (TPSA) is 55.1 Å². The smallest absolute Gasteiger partial charge is 0.313 e. The Balaban J connectivity index is 2.33. The highest BCUT2D eigenvalue weighted by Gasteiger charge is 2.10. The number of carbonyl (C=O) groups is 1. The Kier molecular flexibility index (Phi) is 4.31. The van der Waals surface area contributed by atoms with Gasteiger partial charge in [0, 0.05) is 21.9 Å². The van der Waals surface area contributed by atoms with Gasteiger partial charge in [-0.05, 0) is 34.1 Å².